The van der Waals surface area contributed by atoms with Gasteiger partial charge in [-0.05, 0) is 86.7 Å². The Hall–Kier alpha value is -4.35. The third kappa shape index (κ3) is 16.0. The van der Waals surface area contributed by atoms with Crippen LogP contribution in [0.3, 0.4) is 0 Å². The quantitative estimate of drug-likeness (QED) is 0.0697. The van der Waals surface area contributed by atoms with E-state index in [4.69, 9.17) is 21.1 Å². The highest BCUT2D eigenvalue weighted by Crippen LogP contribution is 2.31. The molecule has 2 amide bonds. The van der Waals surface area contributed by atoms with Crippen molar-refractivity contribution in [2.75, 3.05) is 78.8 Å². The van der Waals surface area contributed by atoms with Crippen LogP contribution in [0.15, 0.2) is 121 Å². The summed E-state index contributed by atoms with van der Waals surface area (Å²) >= 11 is 6.19. The van der Waals surface area contributed by atoms with Crippen molar-refractivity contribution in [3.05, 3.63) is 154 Å². The van der Waals surface area contributed by atoms with Crippen LogP contribution in [-0.4, -0.2) is 111 Å². The van der Waals surface area contributed by atoms with Crippen LogP contribution >= 0.6 is 11.6 Å². The van der Waals surface area contributed by atoms with E-state index < -0.39 is 0 Å². The summed E-state index contributed by atoms with van der Waals surface area (Å²) in [4.78, 5) is 32.3. The Balaban J connectivity index is 0.917. The SMILES string of the molecule is CCCN(CCCC(c1ccccc1)c1ccc(C)cc1)CCOCC(=O)N/C=C/C(C)NC(=O)COCCN1CCN(C(c2ccccc2)c2ccc(Cl)cc2)CC1. The summed E-state index contributed by atoms with van der Waals surface area (Å²) < 4.78 is 11.5. The van der Waals surface area contributed by atoms with Crippen LogP contribution in [0, 0.1) is 6.92 Å². The monoisotopic (exact) mass is 821 g/mol. The van der Waals surface area contributed by atoms with Crippen molar-refractivity contribution >= 4 is 23.4 Å². The lowest BCUT2D eigenvalue weighted by molar-refractivity contribution is -0.126. The van der Waals surface area contributed by atoms with Gasteiger partial charge in [-0.15, -0.1) is 0 Å². The van der Waals surface area contributed by atoms with Crippen LogP contribution < -0.4 is 10.6 Å². The zero-order chi connectivity index (χ0) is 41.7. The minimum absolute atomic E-state index is 0.0135. The van der Waals surface area contributed by atoms with Gasteiger partial charge in [0.1, 0.15) is 13.2 Å². The number of piperazine rings is 1. The van der Waals surface area contributed by atoms with Gasteiger partial charge >= 0.3 is 0 Å². The molecule has 0 aromatic heterocycles. The number of nitrogens with zero attached hydrogens (tertiary/aromatic N) is 3. The maximum absolute atomic E-state index is 12.5. The number of aryl methyl sites for hydroxylation is 1. The van der Waals surface area contributed by atoms with E-state index in [2.05, 4.69) is 136 Å². The van der Waals surface area contributed by atoms with Crippen LogP contribution in [0.1, 0.15) is 72.9 Å². The van der Waals surface area contributed by atoms with E-state index >= 15 is 0 Å². The number of hydrogen-bond donors (Lipinski definition) is 2. The molecule has 5 rings (SSSR count). The molecule has 1 aliphatic rings. The third-order valence-electron chi connectivity index (χ3n) is 10.8. The van der Waals surface area contributed by atoms with Gasteiger partial charge in [0.2, 0.25) is 11.8 Å². The molecule has 0 radical (unpaired) electrons. The fourth-order valence-electron chi connectivity index (χ4n) is 7.71. The molecule has 3 atom stereocenters. The third-order valence-corrected chi connectivity index (χ3v) is 11.1. The zero-order valence-electron chi connectivity index (χ0n) is 35.2. The number of hydrogen-bond acceptors (Lipinski definition) is 7. The highest BCUT2D eigenvalue weighted by Gasteiger charge is 2.26. The molecule has 0 saturated carbocycles. The zero-order valence-corrected chi connectivity index (χ0v) is 36.0. The number of benzene rings is 4. The molecule has 59 heavy (non-hydrogen) atoms. The second kappa shape index (κ2) is 25.3. The Morgan fingerprint density at radius 2 is 1.34 bits per heavy atom. The number of amides is 2. The van der Waals surface area contributed by atoms with Gasteiger partial charge in [-0.3, -0.25) is 19.4 Å². The summed E-state index contributed by atoms with van der Waals surface area (Å²) in [7, 11) is 0. The Morgan fingerprint density at radius 3 is 2.02 bits per heavy atom. The summed E-state index contributed by atoms with van der Waals surface area (Å²) in [5.41, 5.74) is 6.49. The first-order valence-corrected chi connectivity index (χ1v) is 21.7. The van der Waals surface area contributed by atoms with Gasteiger partial charge in [0.25, 0.3) is 0 Å². The maximum atomic E-state index is 12.5. The maximum Gasteiger partial charge on any atom is 0.249 e. The molecule has 2 N–H and O–H groups in total. The molecule has 1 aliphatic heterocycles. The lowest BCUT2D eigenvalue weighted by Gasteiger charge is -2.39. The van der Waals surface area contributed by atoms with Crippen LogP contribution in [0.4, 0.5) is 0 Å². The number of carbonyl (C=O) groups is 2. The summed E-state index contributed by atoms with van der Waals surface area (Å²) in [5, 5.41) is 6.38. The van der Waals surface area contributed by atoms with E-state index in [9.17, 15) is 9.59 Å². The Kier molecular flexibility index (Phi) is 19.6. The first-order valence-electron chi connectivity index (χ1n) is 21.3. The largest absolute Gasteiger partial charge is 0.370 e. The number of ether oxygens (including phenoxy) is 2. The van der Waals surface area contributed by atoms with Gasteiger partial charge < -0.3 is 25.0 Å². The fraction of sp³-hybridized carbons (Fsp3) is 0.429. The average molecular weight is 823 g/mol. The first-order chi connectivity index (χ1) is 28.8. The van der Waals surface area contributed by atoms with Gasteiger partial charge in [-0.25, -0.2) is 0 Å². The minimum atomic E-state index is -0.270. The minimum Gasteiger partial charge on any atom is -0.370 e. The normalized spacial score (nSPS) is 15.3. The van der Waals surface area contributed by atoms with Gasteiger partial charge in [-0.1, -0.05) is 121 Å². The standard InChI is InChI=1S/C49H64ClN5O4/c1-4-27-53(28-11-16-46(41-12-7-5-8-13-41)42-19-17-39(2)18-20-42)33-35-58-37-47(56)51-26-25-40(3)52-48(57)38-59-36-34-54-29-31-55(32-30-54)49(43-14-9-6-10-15-43)44-21-23-45(50)24-22-44/h5-10,12-15,17-26,40,46,49H,4,11,16,27-38H2,1-3H3,(H,51,56)(H,52,57)/b26-25+. The fourth-order valence-corrected chi connectivity index (χ4v) is 7.83. The van der Waals surface area contributed by atoms with Gasteiger partial charge in [-0.2, -0.15) is 0 Å². The molecular formula is C49H64ClN5O4. The van der Waals surface area contributed by atoms with E-state index in [1.807, 2.05) is 19.1 Å². The lowest BCUT2D eigenvalue weighted by Crippen LogP contribution is -2.48. The molecule has 10 heteroatoms. The molecule has 3 unspecified atom stereocenters. The Labute approximate surface area is 357 Å². The Bertz CT molecular complexity index is 1820. The molecule has 0 bridgehead atoms. The predicted octanol–water partition coefficient (Wildman–Crippen LogP) is 7.85. The number of rotatable bonds is 24. The van der Waals surface area contributed by atoms with Crippen molar-refractivity contribution < 1.29 is 19.1 Å². The van der Waals surface area contributed by atoms with Crippen molar-refractivity contribution in [3.8, 4) is 0 Å². The van der Waals surface area contributed by atoms with Crippen molar-refractivity contribution in [2.24, 2.45) is 0 Å². The van der Waals surface area contributed by atoms with Gasteiger partial charge in [0.15, 0.2) is 0 Å². The number of halogens is 1. The second-order valence-corrected chi connectivity index (χ2v) is 15.9. The van der Waals surface area contributed by atoms with Crippen molar-refractivity contribution in [3.63, 3.8) is 0 Å². The van der Waals surface area contributed by atoms with Gasteiger partial charge in [0, 0.05) is 62.5 Å². The van der Waals surface area contributed by atoms with E-state index in [1.165, 1.54) is 27.8 Å². The molecule has 9 nitrogen and oxygen atoms in total. The molecule has 316 valence electrons. The Morgan fingerprint density at radius 1 is 0.746 bits per heavy atom. The van der Waals surface area contributed by atoms with Crippen LogP contribution in [0.5, 0.6) is 0 Å². The van der Waals surface area contributed by atoms with E-state index in [1.54, 1.807) is 12.3 Å². The molecule has 4 aromatic rings. The predicted molar refractivity (Wildman–Crippen MR) is 240 cm³/mol. The van der Waals surface area contributed by atoms with E-state index in [0.717, 1.165) is 76.6 Å². The first kappa shape index (κ1) is 45.7. The summed E-state index contributed by atoms with van der Waals surface area (Å²) in [6.07, 6.45) is 6.50. The highest BCUT2D eigenvalue weighted by atomic mass is 35.5. The van der Waals surface area contributed by atoms with Crippen LogP contribution in [0.2, 0.25) is 5.02 Å². The van der Waals surface area contributed by atoms with Crippen LogP contribution in [0.25, 0.3) is 0 Å². The van der Waals surface area contributed by atoms with Crippen molar-refractivity contribution in [2.45, 2.75) is 58.0 Å². The summed E-state index contributed by atoms with van der Waals surface area (Å²) in [6.45, 7) is 14.3. The lowest BCUT2D eigenvalue weighted by atomic mass is 9.87. The highest BCUT2D eigenvalue weighted by molar-refractivity contribution is 6.30. The van der Waals surface area contributed by atoms with Crippen molar-refractivity contribution in [1.82, 2.24) is 25.3 Å². The topological polar surface area (TPSA) is 86.4 Å². The average Bonchev–Trinajstić information content (AvgIpc) is 3.25. The number of nitrogens with one attached hydrogen (secondary N) is 2. The number of carbonyl (C=O) groups excluding carboxylic acids is 2. The second-order valence-electron chi connectivity index (χ2n) is 15.5. The van der Waals surface area contributed by atoms with Crippen molar-refractivity contribution in [1.29, 1.82) is 0 Å². The van der Waals surface area contributed by atoms with Gasteiger partial charge in [0.05, 0.1) is 19.3 Å². The smallest absolute Gasteiger partial charge is 0.249 e. The van der Waals surface area contributed by atoms with E-state index in [-0.39, 0.29) is 37.1 Å². The molecule has 1 saturated heterocycles. The van der Waals surface area contributed by atoms with Crippen LogP contribution in [-0.2, 0) is 19.1 Å². The molecule has 1 fully saturated rings. The molecule has 0 spiro atoms. The summed E-state index contributed by atoms with van der Waals surface area (Å²) in [5.74, 6) is -0.0595. The van der Waals surface area contributed by atoms with E-state index in [0.29, 0.717) is 19.1 Å². The molecule has 4 aromatic carbocycles. The molecule has 0 aliphatic carbocycles. The molecular weight excluding hydrogens is 758 g/mol. The molecule has 1 heterocycles. The summed E-state index contributed by atoms with van der Waals surface area (Å²) in [6, 6.07) is 38.4.